The van der Waals surface area contributed by atoms with E-state index in [1.54, 1.807) is 30.3 Å². The van der Waals surface area contributed by atoms with E-state index >= 15 is 0 Å². The van der Waals surface area contributed by atoms with Crippen molar-refractivity contribution in [2.75, 3.05) is 13.1 Å². The summed E-state index contributed by atoms with van der Waals surface area (Å²) in [5.41, 5.74) is 0.0721. The number of rotatable bonds is 4. The first-order valence-electron chi connectivity index (χ1n) is 8.66. The van der Waals surface area contributed by atoms with Crippen molar-refractivity contribution in [1.29, 1.82) is 0 Å². The Morgan fingerprint density at radius 2 is 1.81 bits per heavy atom. The van der Waals surface area contributed by atoms with E-state index in [-0.39, 0.29) is 12.1 Å². The monoisotopic (exact) mass is 397 g/mol. The van der Waals surface area contributed by atoms with Crippen molar-refractivity contribution in [1.82, 2.24) is 4.90 Å². The average Bonchev–Trinajstić information content (AvgIpc) is 2.63. The minimum absolute atomic E-state index is 0.123. The Labute approximate surface area is 160 Å². The summed E-state index contributed by atoms with van der Waals surface area (Å²) in [6.07, 6.45) is -3.35. The highest BCUT2D eigenvalue weighted by Gasteiger charge is 2.38. The van der Waals surface area contributed by atoms with E-state index in [1.165, 1.54) is 12.1 Å². The molecular formula is C20H19ClF3NO2. The zero-order chi connectivity index (χ0) is 19.6. The molecule has 0 aromatic heterocycles. The van der Waals surface area contributed by atoms with Crippen LogP contribution in [0.5, 0.6) is 0 Å². The Bertz CT molecular complexity index is 808. The number of alkyl halides is 3. The quantitative estimate of drug-likeness (QED) is 0.766. The van der Waals surface area contributed by atoms with Gasteiger partial charge >= 0.3 is 12.1 Å². The summed E-state index contributed by atoms with van der Waals surface area (Å²) in [5.74, 6) is -1.51. The van der Waals surface area contributed by atoms with Crippen LogP contribution in [-0.4, -0.2) is 29.1 Å². The Morgan fingerprint density at radius 1 is 1.15 bits per heavy atom. The molecule has 2 aromatic rings. The third kappa shape index (κ3) is 4.45. The lowest BCUT2D eigenvalue weighted by molar-refractivity contribution is -0.144. The second-order valence-electron chi connectivity index (χ2n) is 6.71. The predicted octanol–water partition coefficient (Wildman–Crippen LogP) is 5.24. The van der Waals surface area contributed by atoms with Crippen molar-refractivity contribution in [2.45, 2.75) is 25.1 Å². The molecule has 2 atom stereocenters. The van der Waals surface area contributed by atoms with E-state index in [2.05, 4.69) is 0 Å². The van der Waals surface area contributed by atoms with Gasteiger partial charge in [-0.1, -0.05) is 41.9 Å². The maximum Gasteiger partial charge on any atom is 0.416 e. The molecule has 0 saturated carbocycles. The van der Waals surface area contributed by atoms with Crippen LogP contribution in [0.4, 0.5) is 13.2 Å². The highest BCUT2D eigenvalue weighted by Crippen LogP contribution is 2.40. The van der Waals surface area contributed by atoms with Crippen molar-refractivity contribution in [2.24, 2.45) is 5.92 Å². The fourth-order valence-electron chi connectivity index (χ4n) is 3.67. The van der Waals surface area contributed by atoms with Gasteiger partial charge in [-0.3, -0.25) is 9.69 Å². The van der Waals surface area contributed by atoms with Crippen LogP contribution in [0, 0.1) is 5.92 Å². The molecule has 1 saturated heterocycles. The summed E-state index contributed by atoms with van der Waals surface area (Å²) in [6, 6.07) is 11.4. The molecule has 3 rings (SSSR count). The number of piperidine rings is 1. The van der Waals surface area contributed by atoms with E-state index in [4.69, 9.17) is 11.6 Å². The van der Waals surface area contributed by atoms with Crippen LogP contribution in [0.15, 0.2) is 48.5 Å². The zero-order valence-electron chi connectivity index (χ0n) is 14.4. The lowest BCUT2D eigenvalue weighted by Crippen LogP contribution is -2.41. The molecule has 1 heterocycles. The smallest absolute Gasteiger partial charge is 0.416 e. The highest BCUT2D eigenvalue weighted by molar-refractivity contribution is 6.30. The van der Waals surface area contributed by atoms with E-state index < -0.39 is 29.7 Å². The molecule has 1 fully saturated rings. The molecule has 7 heteroatoms. The van der Waals surface area contributed by atoms with Crippen LogP contribution in [0.3, 0.4) is 0 Å². The van der Waals surface area contributed by atoms with Crippen molar-refractivity contribution >= 4 is 17.6 Å². The summed E-state index contributed by atoms with van der Waals surface area (Å²) < 4.78 is 40.9. The Kier molecular flexibility index (Phi) is 5.77. The van der Waals surface area contributed by atoms with Crippen LogP contribution in [0.1, 0.15) is 35.6 Å². The maximum atomic E-state index is 13.6. The fraction of sp³-hybridized carbons (Fsp3) is 0.350. The van der Waals surface area contributed by atoms with Gasteiger partial charge in [0, 0.05) is 11.6 Å². The average molecular weight is 398 g/mol. The lowest BCUT2D eigenvalue weighted by atomic mass is 9.89. The number of likely N-dealkylation sites (tertiary alicyclic amines) is 1. The molecule has 0 spiro atoms. The second-order valence-corrected chi connectivity index (χ2v) is 7.15. The van der Waals surface area contributed by atoms with Crippen LogP contribution >= 0.6 is 11.6 Å². The number of nitrogens with zero attached hydrogens (tertiary/aromatic N) is 1. The minimum Gasteiger partial charge on any atom is -0.481 e. The van der Waals surface area contributed by atoms with Gasteiger partial charge in [0.15, 0.2) is 0 Å². The third-order valence-electron chi connectivity index (χ3n) is 4.91. The Morgan fingerprint density at radius 3 is 2.44 bits per heavy atom. The molecule has 0 radical (unpaired) electrons. The Balaban J connectivity index is 2.09. The van der Waals surface area contributed by atoms with E-state index in [0.717, 1.165) is 6.07 Å². The molecule has 1 aliphatic rings. The Hall–Kier alpha value is -2.05. The number of carbonyl (C=O) groups is 1. The van der Waals surface area contributed by atoms with Gasteiger partial charge in [-0.15, -0.1) is 0 Å². The predicted molar refractivity (Wildman–Crippen MR) is 96.7 cm³/mol. The summed E-state index contributed by atoms with van der Waals surface area (Å²) >= 11 is 5.95. The summed E-state index contributed by atoms with van der Waals surface area (Å²) in [4.78, 5) is 13.3. The molecular weight excluding hydrogens is 379 g/mol. The molecule has 0 aliphatic carbocycles. The first-order chi connectivity index (χ1) is 12.8. The van der Waals surface area contributed by atoms with Gasteiger partial charge in [0.1, 0.15) is 0 Å². The van der Waals surface area contributed by atoms with Crippen molar-refractivity contribution in [3.8, 4) is 0 Å². The van der Waals surface area contributed by atoms with Crippen LogP contribution < -0.4 is 0 Å². The molecule has 2 unspecified atom stereocenters. The van der Waals surface area contributed by atoms with E-state index in [0.29, 0.717) is 30.0 Å². The molecule has 1 aliphatic heterocycles. The molecule has 1 N–H and O–H groups in total. The first-order valence-corrected chi connectivity index (χ1v) is 9.03. The number of hydrogen-bond acceptors (Lipinski definition) is 2. The minimum atomic E-state index is -4.50. The number of benzene rings is 2. The first kappa shape index (κ1) is 19.7. The molecule has 3 nitrogen and oxygen atoms in total. The van der Waals surface area contributed by atoms with Crippen molar-refractivity contribution in [3.63, 3.8) is 0 Å². The highest BCUT2D eigenvalue weighted by atomic mass is 35.5. The van der Waals surface area contributed by atoms with Crippen LogP contribution in [0.25, 0.3) is 0 Å². The fourth-order valence-corrected chi connectivity index (χ4v) is 3.79. The van der Waals surface area contributed by atoms with Crippen molar-refractivity contribution in [3.05, 3.63) is 70.2 Å². The molecule has 0 amide bonds. The van der Waals surface area contributed by atoms with Crippen LogP contribution in [0.2, 0.25) is 5.02 Å². The summed E-state index contributed by atoms with van der Waals surface area (Å²) in [7, 11) is 0. The van der Waals surface area contributed by atoms with Gasteiger partial charge in [-0.2, -0.15) is 13.2 Å². The number of aliphatic carboxylic acids is 1. The van der Waals surface area contributed by atoms with Gasteiger partial charge in [-0.05, 0) is 48.7 Å². The molecule has 0 bridgehead atoms. The number of carboxylic acid groups (broad SMARTS) is 1. The van der Waals surface area contributed by atoms with Crippen LogP contribution in [-0.2, 0) is 11.0 Å². The van der Waals surface area contributed by atoms with E-state index in [9.17, 15) is 23.1 Å². The van der Waals surface area contributed by atoms with Gasteiger partial charge in [0.25, 0.3) is 0 Å². The SMILES string of the molecule is O=C(O)C1CCCN(C(c2ccc(Cl)cc2)c2ccccc2C(F)(F)F)C1. The zero-order valence-corrected chi connectivity index (χ0v) is 15.2. The topological polar surface area (TPSA) is 40.5 Å². The lowest BCUT2D eigenvalue weighted by Gasteiger charge is -2.38. The standard InChI is InChI=1S/C20H19ClF3NO2/c21-15-9-7-13(8-10-15)18(25-11-3-4-14(12-25)19(26)27)16-5-1-2-6-17(16)20(22,23)24/h1-2,5-10,14,18H,3-4,11-12H2,(H,26,27). The second kappa shape index (κ2) is 7.90. The normalized spacial score (nSPS) is 19.6. The van der Waals surface area contributed by atoms with Gasteiger partial charge in [-0.25, -0.2) is 0 Å². The van der Waals surface area contributed by atoms with E-state index in [1.807, 2.05) is 4.90 Å². The largest absolute Gasteiger partial charge is 0.481 e. The maximum absolute atomic E-state index is 13.6. The van der Waals surface area contributed by atoms with Gasteiger partial charge < -0.3 is 5.11 Å². The molecule has 27 heavy (non-hydrogen) atoms. The number of hydrogen-bond donors (Lipinski definition) is 1. The van der Waals surface area contributed by atoms with Gasteiger partial charge in [0.2, 0.25) is 0 Å². The van der Waals surface area contributed by atoms with Gasteiger partial charge in [0.05, 0.1) is 17.5 Å². The molecule has 144 valence electrons. The summed E-state index contributed by atoms with van der Waals surface area (Å²) in [5, 5.41) is 9.86. The molecule has 2 aromatic carbocycles. The third-order valence-corrected chi connectivity index (χ3v) is 5.17. The number of carboxylic acids is 1. The van der Waals surface area contributed by atoms with Crippen molar-refractivity contribution < 1.29 is 23.1 Å². The summed E-state index contributed by atoms with van der Waals surface area (Å²) in [6.45, 7) is 0.734. The number of halogens is 4.